The van der Waals surface area contributed by atoms with Crippen molar-refractivity contribution in [2.45, 2.75) is 26.6 Å². The average molecular weight is 446 g/mol. The Bertz CT molecular complexity index is 1190. The zero-order valence-corrected chi connectivity index (χ0v) is 18.7. The maximum atomic E-state index is 6.20. The second-order valence-electron chi connectivity index (χ2n) is 7.81. The predicted molar refractivity (Wildman–Crippen MR) is 122 cm³/mol. The van der Waals surface area contributed by atoms with Gasteiger partial charge in [0.15, 0.2) is 17.2 Å². The van der Waals surface area contributed by atoms with Crippen LogP contribution in [0.4, 0.5) is 0 Å². The molecule has 2 heterocycles. The van der Waals surface area contributed by atoms with Crippen molar-refractivity contribution >= 4 is 12.1 Å². The minimum Gasteiger partial charge on any atom is -1.00 e. The van der Waals surface area contributed by atoms with Crippen LogP contribution in [0, 0.1) is 0 Å². The summed E-state index contributed by atoms with van der Waals surface area (Å²) in [7, 11) is 0. The third kappa shape index (κ3) is 4.31. The first-order chi connectivity index (χ1) is 15.2. The molecule has 0 saturated heterocycles. The number of fused-ring (bicyclic) bond motifs is 1. The number of nitrogens with zero attached hydrogens (tertiary/aromatic N) is 2. The first-order valence-electron chi connectivity index (χ1n) is 10.5. The Hall–Kier alpha value is -3.41. The molecule has 2 aromatic rings. The molecule has 32 heavy (non-hydrogen) atoms. The molecule has 2 aromatic carbocycles. The Morgan fingerprint density at radius 3 is 2.56 bits per heavy atom. The SMILES string of the molecule is CC(C)Oc1ccc(C2=NC(C3=CC=C3)=C3C=NC=C[NH+]23)cc1OCc1ccccc1.[Cl-]. The van der Waals surface area contributed by atoms with Crippen LogP contribution in [-0.2, 0) is 6.61 Å². The highest BCUT2D eigenvalue weighted by atomic mass is 35.5. The zero-order valence-electron chi connectivity index (χ0n) is 18.0. The van der Waals surface area contributed by atoms with E-state index in [1.807, 2.05) is 74.9 Å². The van der Waals surface area contributed by atoms with Gasteiger partial charge < -0.3 is 21.9 Å². The van der Waals surface area contributed by atoms with E-state index in [9.17, 15) is 0 Å². The van der Waals surface area contributed by atoms with E-state index >= 15 is 0 Å². The lowest BCUT2D eigenvalue weighted by Gasteiger charge is -2.17. The van der Waals surface area contributed by atoms with E-state index in [1.165, 1.54) is 0 Å². The lowest BCUT2D eigenvalue weighted by atomic mass is 10.0. The van der Waals surface area contributed by atoms with E-state index in [0.29, 0.717) is 12.4 Å². The third-order valence-electron chi connectivity index (χ3n) is 5.20. The molecule has 0 aromatic heterocycles. The molecule has 6 heteroatoms. The van der Waals surface area contributed by atoms with Crippen molar-refractivity contribution in [3.8, 4) is 11.5 Å². The summed E-state index contributed by atoms with van der Waals surface area (Å²) in [6, 6.07) is 16.2. The van der Waals surface area contributed by atoms with Crippen LogP contribution in [0.15, 0.2) is 106 Å². The van der Waals surface area contributed by atoms with Crippen LogP contribution in [0.25, 0.3) is 0 Å². The molecule has 5 rings (SSSR count). The summed E-state index contributed by atoms with van der Waals surface area (Å²) < 4.78 is 12.2. The fraction of sp³-hybridized carbons (Fsp3) is 0.154. The molecule has 1 atom stereocenters. The molecule has 0 bridgehead atoms. The summed E-state index contributed by atoms with van der Waals surface area (Å²) in [5.74, 6) is 2.37. The van der Waals surface area contributed by atoms with E-state index < -0.39 is 0 Å². The van der Waals surface area contributed by atoms with Gasteiger partial charge in [0.1, 0.15) is 18.5 Å². The minimum atomic E-state index is 0. The number of aliphatic imine (C=N–C) groups is 2. The Labute approximate surface area is 194 Å². The second-order valence-corrected chi connectivity index (χ2v) is 7.81. The van der Waals surface area contributed by atoms with Crippen molar-refractivity contribution < 1.29 is 26.8 Å². The Morgan fingerprint density at radius 2 is 1.84 bits per heavy atom. The number of quaternary nitrogens is 1. The lowest BCUT2D eigenvalue weighted by molar-refractivity contribution is -0.689. The number of allylic oxidation sites excluding steroid dienone is 4. The highest BCUT2D eigenvalue weighted by Gasteiger charge is 2.34. The second kappa shape index (κ2) is 9.39. The van der Waals surface area contributed by atoms with Crippen LogP contribution in [0.3, 0.4) is 0 Å². The first-order valence-corrected chi connectivity index (χ1v) is 10.5. The smallest absolute Gasteiger partial charge is 0.244 e. The summed E-state index contributed by atoms with van der Waals surface area (Å²) in [5, 5.41) is 0. The number of hydrogen-bond donors (Lipinski definition) is 1. The summed E-state index contributed by atoms with van der Waals surface area (Å²) in [6.45, 7) is 4.50. The monoisotopic (exact) mass is 445 g/mol. The quantitative estimate of drug-likeness (QED) is 0.690. The van der Waals surface area contributed by atoms with Crippen molar-refractivity contribution in [2.24, 2.45) is 9.98 Å². The third-order valence-corrected chi connectivity index (χ3v) is 5.20. The normalized spacial score (nSPS) is 18.0. The first kappa shape index (κ1) is 21.8. The highest BCUT2D eigenvalue weighted by molar-refractivity contribution is 6.00. The minimum absolute atomic E-state index is 0. The lowest BCUT2D eigenvalue weighted by Crippen LogP contribution is -3.08. The van der Waals surface area contributed by atoms with Gasteiger partial charge in [0.2, 0.25) is 5.84 Å². The fourth-order valence-corrected chi connectivity index (χ4v) is 3.67. The number of amidine groups is 1. The molecule has 2 aliphatic heterocycles. The van der Waals surface area contributed by atoms with E-state index in [0.717, 1.165) is 44.6 Å². The van der Waals surface area contributed by atoms with Gasteiger partial charge in [-0.15, -0.1) is 0 Å². The summed E-state index contributed by atoms with van der Waals surface area (Å²) in [5.41, 5.74) is 5.25. The maximum Gasteiger partial charge on any atom is 0.244 e. The van der Waals surface area contributed by atoms with Crippen LogP contribution in [0.1, 0.15) is 25.0 Å². The molecule has 1 aliphatic carbocycles. The number of hydrogen-bond acceptors (Lipinski definition) is 4. The maximum absolute atomic E-state index is 6.20. The predicted octanol–water partition coefficient (Wildman–Crippen LogP) is 0.965. The van der Waals surface area contributed by atoms with Gasteiger partial charge in [-0.05, 0) is 37.6 Å². The van der Waals surface area contributed by atoms with Crippen molar-refractivity contribution in [2.75, 3.05) is 0 Å². The van der Waals surface area contributed by atoms with Crippen LogP contribution in [0.5, 0.6) is 11.5 Å². The van der Waals surface area contributed by atoms with E-state index in [1.54, 1.807) is 0 Å². The number of halogens is 1. The molecule has 0 radical (unpaired) electrons. The summed E-state index contributed by atoms with van der Waals surface area (Å²) >= 11 is 0. The zero-order chi connectivity index (χ0) is 21.2. The van der Waals surface area contributed by atoms with Crippen molar-refractivity contribution in [3.05, 3.63) is 107 Å². The van der Waals surface area contributed by atoms with Crippen LogP contribution < -0.4 is 26.8 Å². The molecule has 3 aliphatic rings. The highest BCUT2D eigenvalue weighted by Crippen LogP contribution is 2.32. The number of rotatable bonds is 7. The fourth-order valence-electron chi connectivity index (χ4n) is 3.67. The summed E-state index contributed by atoms with van der Waals surface area (Å²) in [6.07, 6.45) is 12.0. The Kier molecular flexibility index (Phi) is 6.40. The summed E-state index contributed by atoms with van der Waals surface area (Å²) in [4.78, 5) is 10.4. The molecule has 1 unspecified atom stereocenters. The number of ether oxygens (including phenoxy) is 2. The molecule has 0 saturated carbocycles. The van der Waals surface area contributed by atoms with Gasteiger partial charge in [0.05, 0.1) is 24.1 Å². The van der Waals surface area contributed by atoms with Gasteiger partial charge in [0, 0.05) is 5.57 Å². The van der Waals surface area contributed by atoms with Crippen LogP contribution >= 0.6 is 0 Å². The van der Waals surface area contributed by atoms with E-state index in [4.69, 9.17) is 14.5 Å². The molecule has 0 fully saturated rings. The molecule has 0 spiro atoms. The van der Waals surface area contributed by atoms with Crippen LogP contribution in [-0.4, -0.2) is 18.2 Å². The molecule has 0 amide bonds. The van der Waals surface area contributed by atoms with Crippen molar-refractivity contribution in [1.29, 1.82) is 0 Å². The molecule has 5 nitrogen and oxygen atoms in total. The van der Waals surface area contributed by atoms with Crippen LogP contribution in [0.2, 0.25) is 0 Å². The van der Waals surface area contributed by atoms with E-state index in [-0.39, 0.29) is 18.5 Å². The van der Waals surface area contributed by atoms with Gasteiger partial charge in [-0.2, -0.15) is 4.99 Å². The Morgan fingerprint density at radius 1 is 1.03 bits per heavy atom. The van der Waals surface area contributed by atoms with Gasteiger partial charge in [-0.25, -0.2) is 4.90 Å². The number of benzene rings is 2. The number of nitrogens with one attached hydrogen (secondary N) is 1. The van der Waals surface area contributed by atoms with Gasteiger partial charge >= 0.3 is 0 Å². The van der Waals surface area contributed by atoms with Crippen molar-refractivity contribution in [1.82, 2.24) is 0 Å². The van der Waals surface area contributed by atoms with Gasteiger partial charge in [-0.1, -0.05) is 48.6 Å². The average Bonchev–Trinajstić information content (AvgIpc) is 3.11. The standard InChI is InChI=1S/C26H23N3O2.ClH/c1-18(2)31-23-12-11-21(15-24(23)30-17-19-7-4-3-5-8-19)26-28-25(20-9-6-10-20)22-16-27-13-14-29(22)26;/h3-16,18H,17H2,1-2H3;1H. The topological polar surface area (TPSA) is 47.6 Å². The van der Waals surface area contributed by atoms with E-state index in [2.05, 4.69) is 29.3 Å². The molecule has 1 N–H and O–H groups in total. The largest absolute Gasteiger partial charge is 1.00 e. The molecule has 162 valence electrons. The van der Waals surface area contributed by atoms with Gasteiger partial charge in [0.25, 0.3) is 0 Å². The van der Waals surface area contributed by atoms with Gasteiger partial charge in [-0.3, -0.25) is 4.99 Å². The molecular weight excluding hydrogens is 422 g/mol. The van der Waals surface area contributed by atoms with Crippen molar-refractivity contribution in [3.63, 3.8) is 0 Å². The molecular formula is C26H24ClN3O2. The Balaban J connectivity index is 0.00000245.